The number of piperazine rings is 1. The average molecular weight is 285 g/mol. The Bertz CT molecular complexity index is 610. The zero-order valence-electron chi connectivity index (χ0n) is 12.5. The number of para-hydroxylation sites is 1. The van der Waals surface area contributed by atoms with Crippen molar-refractivity contribution >= 4 is 16.8 Å². The van der Waals surface area contributed by atoms with Gasteiger partial charge in [0.2, 0.25) is 0 Å². The molecule has 2 fully saturated rings. The topological polar surface area (TPSA) is 41.3 Å². The molecule has 0 radical (unpaired) electrons. The summed E-state index contributed by atoms with van der Waals surface area (Å²) in [6.07, 6.45) is 6.45. The van der Waals surface area contributed by atoms with Crippen LogP contribution in [0.5, 0.6) is 0 Å². The fourth-order valence-electron chi connectivity index (χ4n) is 3.64. The lowest BCUT2D eigenvalue weighted by molar-refractivity contribution is 0.373. The first-order valence-electron chi connectivity index (χ1n) is 8.27. The zero-order valence-corrected chi connectivity index (χ0v) is 12.5. The second-order valence-corrected chi connectivity index (χ2v) is 6.25. The average Bonchev–Trinajstić information content (AvgIpc) is 3.00. The predicted octanol–water partition coefficient (Wildman–Crippen LogP) is 3.29. The van der Waals surface area contributed by atoms with E-state index in [4.69, 9.17) is 9.40 Å². The number of hydrogen-bond donors (Lipinski definition) is 1. The molecule has 112 valence electrons. The largest absolute Gasteiger partial charge is 0.440 e. The molecule has 4 rings (SSSR count). The summed E-state index contributed by atoms with van der Waals surface area (Å²) < 4.78 is 6.09. The maximum Gasteiger partial charge on any atom is 0.198 e. The number of nitrogens with zero attached hydrogens (tertiary/aromatic N) is 2. The second kappa shape index (κ2) is 5.68. The molecular weight excluding hydrogens is 262 g/mol. The van der Waals surface area contributed by atoms with Crippen LogP contribution in [0.1, 0.15) is 43.9 Å². The molecule has 21 heavy (non-hydrogen) atoms. The van der Waals surface area contributed by atoms with E-state index in [9.17, 15) is 0 Å². The molecular formula is C17H23N3O. The van der Waals surface area contributed by atoms with Crippen molar-refractivity contribution in [1.82, 2.24) is 10.3 Å². The summed E-state index contributed by atoms with van der Waals surface area (Å²) in [5.41, 5.74) is 3.24. The molecule has 0 atom stereocenters. The Hall–Kier alpha value is -1.55. The van der Waals surface area contributed by atoms with E-state index in [2.05, 4.69) is 28.4 Å². The number of anilines is 1. The maximum absolute atomic E-state index is 6.09. The molecule has 1 aliphatic carbocycles. The molecule has 1 aliphatic heterocycles. The van der Waals surface area contributed by atoms with Gasteiger partial charge in [0.25, 0.3) is 0 Å². The SMILES string of the molecule is c1cc(N2CCNCC2)c2nc(C3CCCCC3)oc2c1. The lowest BCUT2D eigenvalue weighted by Crippen LogP contribution is -2.43. The molecule has 1 N–H and O–H groups in total. The Labute approximate surface area is 125 Å². The van der Waals surface area contributed by atoms with Crippen molar-refractivity contribution in [3.8, 4) is 0 Å². The quantitative estimate of drug-likeness (QED) is 0.919. The number of aromatic nitrogens is 1. The van der Waals surface area contributed by atoms with Crippen molar-refractivity contribution in [3.63, 3.8) is 0 Å². The smallest absolute Gasteiger partial charge is 0.198 e. The van der Waals surface area contributed by atoms with Gasteiger partial charge in [-0.3, -0.25) is 0 Å². The van der Waals surface area contributed by atoms with Crippen LogP contribution in [0.25, 0.3) is 11.1 Å². The van der Waals surface area contributed by atoms with E-state index in [-0.39, 0.29) is 0 Å². The molecule has 4 nitrogen and oxygen atoms in total. The van der Waals surface area contributed by atoms with Crippen LogP contribution in [0.15, 0.2) is 22.6 Å². The van der Waals surface area contributed by atoms with Gasteiger partial charge >= 0.3 is 0 Å². The molecule has 0 bridgehead atoms. The summed E-state index contributed by atoms with van der Waals surface area (Å²) in [4.78, 5) is 7.31. The molecule has 1 aromatic carbocycles. The molecule has 0 spiro atoms. The fourth-order valence-corrected chi connectivity index (χ4v) is 3.64. The van der Waals surface area contributed by atoms with Crippen molar-refractivity contribution in [2.75, 3.05) is 31.1 Å². The van der Waals surface area contributed by atoms with Crippen molar-refractivity contribution in [2.45, 2.75) is 38.0 Å². The normalized spacial score (nSPS) is 21.0. The van der Waals surface area contributed by atoms with Gasteiger partial charge in [0.05, 0.1) is 5.69 Å². The number of benzene rings is 1. The summed E-state index contributed by atoms with van der Waals surface area (Å²) in [5, 5.41) is 3.40. The van der Waals surface area contributed by atoms with Gasteiger partial charge in [-0.05, 0) is 25.0 Å². The van der Waals surface area contributed by atoms with E-state index >= 15 is 0 Å². The molecule has 1 aromatic heterocycles. The van der Waals surface area contributed by atoms with Crippen molar-refractivity contribution < 1.29 is 4.42 Å². The number of rotatable bonds is 2. The Morgan fingerprint density at radius 1 is 1.10 bits per heavy atom. The van der Waals surface area contributed by atoms with Crippen LogP contribution in [0.2, 0.25) is 0 Å². The van der Waals surface area contributed by atoms with Crippen LogP contribution < -0.4 is 10.2 Å². The van der Waals surface area contributed by atoms with Gasteiger partial charge in [-0.25, -0.2) is 4.98 Å². The molecule has 0 amide bonds. The van der Waals surface area contributed by atoms with Gasteiger partial charge in [-0.2, -0.15) is 0 Å². The van der Waals surface area contributed by atoms with Crippen LogP contribution in [0.4, 0.5) is 5.69 Å². The van der Waals surface area contributed by atoms with Crippen LogP contribution in [0.3, 0.4) is 0 Å². The molecule has 2 heterocycles. The van der Waals surface area contributed by atoms with E-state index < -0.39 is 0 Å². The third kappa shape index (κ3) is 2.53. The molecule has 1 saturated heterocycles. The molecule has 2 aliphatic rings. The zero-order chi connectivity index (χ0) is 14.1. The van der Waals surface area contributed by atoms with Crippen LogP contribution >= 0.6 is 0 Å². The van der Waals surface area contributed by atoms with Gasteiger partial charge in [-0.1, -0.05) is 25.3 Å². The highest BCUT2D eigenvalue weighted by Gasteiger charge is 2.23. The molecule has 1 saturated carbocycles. The van der Waals surface area contributed by atoms with E-state index in [1.54, 1.807) is 0 Å². The Morgan fingerprint density at radius 3 is 2.71 bits per heavy atom. The first-order chi connectivity index (χ1) is 10.4. The highest BCUT2D eigenvalue weighted by atomic mass is 16.3. The van der Waals surface area contributed by atoms with Crippen LogP contribution in [-0.4, -0.2) is 31.2 Å². The van der Waals surface area contributed by atoms with Crippen molar-refractivity contribution in [1.29, 1.82) is 0 Å². The lowest BCUT2D eigenvalue weighted by atomic mass is 9.89. The highest BCUT2D eigenvalue weighted by molar-refractivity contribution is 5.87. The van der Waals surface area contributed by atoms with E-state index in [0.29, 0.717) is 5.92 Å². The Kier molecular flexibility index (Phi) is 3.55. The minimum atomic E-state index is 0.530. The third-order valence-electron chi connectivity index (χ3n) is 4.83. The summed E-state index contributed by atoms with van der Waals surface area (Å²) in [7, 11) is 0. The summed E-state index contributed by atoms with van der Waals surface area (Å²) in [5.74, 6) is 1.49. The van der Waals surface area contributed by atoms with Gasteiger partial charge in [-0.15, -0.1) is 0 Å². The number of oxazole rings is 1. The van der Waals surface area contributed by atoms with E-state index in [1.807, 2.05) is 0 Å². The van der Waals surface area contributed by atoms with Gasteiger partial charge in [0.15, 0.2) is 11.5 Å². The van der Waals surface area contributed by atoms with Crippen LogP contribution in [-0.2, 0) is 0 Å². The lowest BCUT2D eigenvalue weighted by Gasteiger charge is -2.29. The fraction of sp³-hybridized carbons (Fsp3) is 0.588. The minimum Gasteiger partial charge on any atom is -0.440 e. The molecule has 4 heteroatoms. The standard InChI is InChI=1S/C17H23N3O/c1-2-5-13(6-3-1)17-19-16-14(7-4-8-15(16)21-17)20-11-9-18-10-12-20/h4,7-8,13,18H,1-3,5-6,9-12H2. The van der Waals surface area contributed by atoms with Gasteiger partial charge < -0.3 is 14.6 Å². The summed E-state index contributed by atoms with van der Waals surface area (Å²) in [6.45, 7) is 4.18. The number of hydrogen-bond acceptors (Lipinski definition) is 4. The highest BCUT2D eigenvalue weighted by Crippen LogP contribution is 2.35. The van der Waals surface area contributed by atoms with Crippen molar-refractivity contribution in [3.05, 3.63) is 24.1 Å². The van der Waals surface area contributed by atoms with Gasteiger partial charge in [0.1, 0.15) is 5.52 Å². The van der Waals surface area contributed by atoms with Crippen molar-refractivity contribution in [2.24, 2.45) is 0 Å². The van der Waals surface area contributed by atoms with E-state index in [1.165, 1.54) is 37.8 Å². The van der Waals surface area contributed by atoms with Gasteiger partial charge in [0, 0.05) is 32.1 Å². The van der Waals surface area contributed by atoms with Crippen LogP contribution in [0, 0.1) is 0 Å². The second-order valence-electron chi connectivity index (χ2n) is 6.25. The third-order valence-corrected chi connectivity index (χ3v) is 4.83. The minimum absolute atomic E-state index is 0.530. The van der Waals surface area contributed by atoms with E-state index in [0.717, 1.165) is 43.2 Å². The first kappa shape index (κ1) is 13.1. The molecule has 0 unspecified atom stereocenters. The number of nitrogens with one attached hydrogen (secondary N) is 1. The molecule has 2 aromatic rings. The monoisotopic (exact) mass is 285 g/mol. The Balaban J connectivity index is 1.69. The maximum atomic E-state index is 6.09. The summed E-state index contributed by atoms with van der Waals surface area (Å²) >= 11 is 0. The predicted molar refractivity (Wildman–Crippen MR) is 84.9 cm³/mol. The number of fused-ring (bicyclic) bond motifs is 1. The Morgan fingerprint density at radius 2 is 1.90 bits per heavy atom. The first-order valence-corrected chi connectivity index (χ1v) is 8.27. The summed E-state index contributed by atoms with van der Waals surface area (Å²) in [6, 6.07) is 6.33.